The van der Waals surface area contributed by atoms with Crippen LogP contribution in [-0.4, -0.2) is 57.8 Å². The summed E-state index contributed by atoms with van der Waals surface area (Å²) in [6, 6.07) is 5.97. The molecule has 1 aliphatic heterocycles. The Morgan fingerprint density at radius 3 is 2.54 bits per heavy atom. The molecule has 0 aromatic carbocycles. The molecule has 0 bridgehead atoms. The van der Waals surface area contributed by atoms with Gasteiger partial charge in [0.25, 0.3) is 0 Å². The summed E-state index contributed by atoms with van der Waals surface area (Å²) in [5.74, 6) is 8.50. The summed E-state index contributed by atoms with van der Waals surface area (Å²) in [6.07, 6.45) is 2.71. The highest BCUT2D eigenvalue weighted by molar-refractivity contribution is 5.73. The van der Waals surface area contributed by atoms with Crippen LogP contribution in [0.2, 0.25) is 0 Å². The molecule has 3 amide bonds. The molecule has 1 atom stereocenters. The summed E-state index contributed by atoms with van der Waals surface area (Å²) in [7, 11) is 0. The molecule has 0 saturated carbocycles. The van der Waals surface area contributed by atoms with E-state index in [2.05, 4.69) is 34.1 Å². The second kappa shape index (κ2) is 8.53. The largest absolute Gasteiger partial charge is 0.444 e. The summed E-state index contributed by atoms with van der Waals surface area (Å²) in [5.41, 5.74) is 4.60. The fourth-order valence-electron chi connectivity index (χ4n) is 2.64. The average Bonchev–Trinajstić information content (AvgIpc) is 2.58. The number of pyridine rings is 1. The molecule has 2 rings (SSSR count). The molecule has 0 unspecified atom stereocenters. The first kappa shape index (κ1) is 20.9. The second-order valence-corrected chi connectivity index (χ2v) is 7.53. The highest BCUT2D eigenvalue weighted by atomic mass is 16.6. The summed E-state index contributed by atoms with van der Waals surface area (Å²) >= 11 is 0. The lowest BCUT2D eigenvalue weighted by molar-refractivity contribution is 0.0126. The zero-order valence-corrected chi connectivity index (χ0v) is 16.6. The number of rotatable bonds is 1. The molecule has 8 heteroatoms. The molecule has 0 spiro atoms. The summed E-state index contributed by atoms with van der Waals surface area (Å²) in [6.45, 7) is 8.06. The van der Waals surface area contributed by atoms with Crippen LogP contribution in [-0.2, 0) is 4.74 Å². The van der Waals surface area contributed by atoms with Crippen molar-refractivity contribution >= 4 is 12.1 Å². The van der Waals surface area contributed by atoms with Gasteiger partial charge < -0.3 is 20.3 Å². The van der Waals surface area contributed by atoms with Crippen LogP contribution >= 0.6 is 0 Å². The van der Waals surface area contributed by atoms with E-state index < -0.39 is 23.4 Å². The van der Waals surface area contributed by atoms with Gasteiger partial charge in [-0.15, -0.1) is 0 Å². The van der Waals surface area contributed by atoms with Gasteiger partial charge in [0.05, 0.1) is 6.54 Å². The lowest BCUT2D eigenvalue weighted by Crippen LogP contribution is -2.68. The first-order valence-electron chi connectivity index (χ1n) is 8.84. The maximum Gasteiger partial charge on any atom is 0.409 e. The quantitative estimate of drug-likeness (QED) is 0.713. The third-order valence-corrected chi connectivity index (χ3v) is 3.91. The van der Waals surface area contributed by atoms with Gasteiger partial charge in [-0.2, -0.15) is 0 Å². The van der Waals surface area contributed by atoms with Gasteiger partial charge in [0.15, 0.2) is 0 Å². The number of hydrogen-bond donors (Lipinski definition) is 2. The third-order valence-electron chi connectivity index (χ3n) is 3.91. The SMILES string of the molecule is CC(C)(C)OC(=O)N[C@]1(C)CN(C(N)=O)CCN1C#CC#Cc1ccncc1. The van der Waals surface area contributed by atoms with E-state index >= 15 is 0 Å². The van der Waals surface area contributed by atoms with Crippen LogP contribution in [0.3, 0.4) is 0 Å². The number of aromatic nitrogens is 1. The molecule has 2 heterocycles. The molecule has 1 fully saturated rings. The minimum absolute atomic E-state index is 0.175. The molecular weight excluding hydrogens is 358 g/mol. The zero-order chi connectivity index (χ0) is 20.8. The van der Waals surface area contributed by atoms with Crippen molar-refractivity contribution in [2.24, 2.45) is 5.73 Å². The summed E-state index contributed by atoms with van der Waals surface area (Å²) < 4.78 is 5.34. The van der Waals surface area contributed by atoms with E-state index in [9.17, 15) is 9.59 Å². The van der Waals surface area contributed by atoms with Crippen molar-refractivity contribution in [1.29, 1.82) is 0 Å². The lowest BCUT2D eigenvalue weighted by atomic mass is 10.1. The summed E-state index contributed by atoms with van der Waals surface area (Å²) in [5, 5.41) is 2.80. The number of nitrogens with two attached hydrogens (primary N) is 1. The number of alkyl carbamates (subject to hydrolysis) is 1. The minimum atomic E-state index is -0.971. The standard InChI is InChI=1S/C20H25N5O3/c1-19(2,3)28-18(27)23-20(4)15-24(17(21)26)13-14-25(20)12-6-5-7-16-8-10-22-11-9-16/h8-11H,13-15H2,1-4H3,(H2,21,26)(H,23,27)/t20-/m0/s1. The van der Waals surface area contributed by atoms with Gasteiger partial charge in [0.1, 0.15) is 11.3 Å². The van der Waals surface area contributed by atoms with Crippen molar-refractivity contribution in [3.63, 3.8) is 0 Å². The van der Waals surface area contributed by atoms with Crippen LogP contribution < -0.4 is 11.1 Å². The van der Waals surface area contributed by atoms with Crippen LogP contribution in [0.25, 0.3) is 0 Å². The molecule has 1 aromatic rings. The highest BCUT2D eigenvalue weighted by Crippen LogP contribution is 2.19. The van der Waals surface area contributed by atoms with E-state index in [1.165, 1.54) is 4.90 Å². The molecule has 0 radical (unpaired) electrons. The van der Waals surface area contributed by atoms with Crippen molar-refractivity contribution in [3.8, 4) is 23.8 Å². The van der Waals surface area contributed by atoms with Gasteiger partial charge in [0, 0.05) is 43.0 Å². The van der Waals surface area contributed by atoms with Gasteiger partial charge in [-0.25, -0.2) is 9.59 Å². The molecule has 1 aromatic heterocycles. The number of urea groups is 1. The fraction of sp³-hybridized carbons (Fsp3) is 0.450. The van der Waals surface area contributed by atoms with Gasteiger partial charge in [0.2, 0.25) is 0 Å². The number of carbonyl (C=O) groups is 2. The van der Waals surface area contributed by atoms with E-state index in [4.69, 9.17) is 10.5 Å². The summed E-state index contributed by atoms with van der Waals surface area (Å²) in [4.78, 5) is 31.0. The number of amides is 3. The van der Waals surface area contributed by atoms with Crippen LogP contribution in [0.1, 0.15) is 33.3 Å². The average molecular weight is 383 g/mol. The Balaban J connectivity index is 2.18. The van der Waals surface area contributed by atoms with E-state index in [1.807, 2.05) is 0 Å². The smallest absolute Gasteiger partial charge is 0.409 e. The number of nitrogens with one attached hydrogen (secondary N) is 1. The molecule has 1 saturated heterocycles. The third kappa shape index (κ3) is 6.10. The van der Waals surface area contributed by atoms with Crippen molar-refractivity contribution < 1.29 is 14.3 Å². The Kier molecular flexibility index (Phi) is 6.37. The van der Waals surface area contributed by atoms with E-state index in [0.717, 1.165) is 5.56 Å². The van der Waals surface area contributed by atoms with Gasteiger partial charge in [-0.05, 0) is 45.7 Å². The number of nitrogens with zero attached hydrogens (tertiary/aromatic N) is 3. The van der Waals surface area contributed by atoms with Gasteiger partial charge in [-0.3, -0.25) is 10.3 Å². The monoisotopic (exact) mass is 383 g/mol. The topological polar surface area (TPSA) is 101 Å². The van der Waals surface area contributed by atoms with Crippen molar-refractivity contribution in [2.45, 2.75) is 39.0 Å². The minimum Gasteiger partial charge on any atom is -0.444 e. The Labute approximate surface area is 165 Å². The van der Waals surface area contributed by atoms with Crippen LogP contribution in [0, 0.1) is 23.8 Å². The normalized spacial score (nSPS) is 18.9. The predicted octanol–water partition coefficient (Wildman–Crippen LogP) is 1.33. The fourth-order valence-corrected chi connectivity index (χ4v) is 2.64. The number of carbonyl (C=O) groups excluding carboxylic acids is 2. The molecule has 0 aliphatic carbocycles. The number of primary amides is 1. The molecule has 1 aliphatic rings. The first-order chi connectivity index (χ1) is 13.1. The van der Waals surface area contributed by atoms with Crippen LogP contribution in [0.4, 0.5) is 9.59 Å². The molecule has 28 heavy (non-hydrogen) atoms. The predicted molar refractivity (Wildman–Crippen MR) is 105 cm³/mol. The van der Waals surface area contributed by atoms with Crippen molar-refractivity contribution in [1.82, 2.24) is 20.1 Å². The molecular formula is C20H25N5O3. The van der Waals surface area contributed by atoms with Gasteiger partial charge >= 0.3 is 12.1 Å². The second-order valence-electron chi connectivity index (χ2n) is 7.53. The van der Waals surface area contributed by atoms with Crippen LogP contribution in [0.5, 0.6) is 0 Å². The Morgan fingerprint density at radius 2 is 1.93 bits per heavy atom. The van der Waals surface area contributed by atoms with Crippen LogP contribution in [0.15, 0.2) is 24.5 Å². The maximum absolute atomic E-state index is 12.3. The van der Waals surface area contributed by atoms with Crippen molar-refractivity contribution in [3.05, 3.63) is 30.1 Å². The molecule has 148 valence electrons. The molecule has 3 N–H and O–H groups in total. The van der Waals surface area contributed by atoms with Crippen molar-refractivity contribution in [2.75, 3.05) is 19.6 Å². The van der Waals surface area contributed by atoms with E-state index in [-0.39, 0.29) is 6.54 Å². The zero-order valence-electron chi connectivity index (χ0n) is 16.6. The van der Waals surface area contributed by atoms with E-state index in [0.29, 0.717) is 13.1 Å². The highest BCUT2D eigenvalue weighted by Gasteiger charge is 2.40. The Bertz CT molecular complexity index is 842. The Hall–Kier alpha value is -3.39. The van der Waals surface area contributed by atoms with E-state index in [1.54, 1.807) is 57.1 Å². The Morgan fingerprint density at radius 1 is 1.25 bits per heavy atom. The molecule has 8 nitrogen and oxygen atoms in total. The lowest BCUT2D eigenvalue weighted by Gasteiger charge is -2.46. The first-order valence-corrected chi connectivity index (χ1v) is 8.84. The van der Waals surface area contributed by atoms with Gasteiger partial charge in [-0.1, -0.05) is 5.92 Å². The number of hydrogen-bond acceptors (Lipinski definition) is 5. The number of piperazine rings is 1. The number of ether oxygens (including phenoxy) is 1. The maximum atomic E-state index is 12.3.